The molecule has 4 nitrogen and oxygen atoms in total. The van der Waals surface area contributed by atoms with E-state index in [2.05, 4.69) is 15.4 Å². The fraction of sp³-hybridized carbons (Fsp3) is 0.167. The van der Waals surface area contributed by atoms with Crippen LogP contribution < -0.4 is 0 Å². The maximum absolute atomic E-state index is 4.85. The Morgan fingerprint density at radius 2 is 2.40 bits per heavy atom. The third-order valence-corrected chi connectivity index (χ3v) is 1.24. The van der Waals surface area contributed by atoms with Gasteiger partial charge in [-0.05, 0) is 13.0 Å². The zero-order chi connectivity index (χ0) is 6.97. The molecule has 10 heavy (non-hydrogen) atoms. The summed E-state index contributed by atoms with van der Waals surface area (Å²) in [5.41, 5.74) is 0.920. The first-order valence-corrected chi connectivity index (χ1v) is 2.91. The largest absolute Gasteiger partial charge is 0.360 e. The number of hydrogen-bond donors (Lipinski definition) is 0. The molecule has 0 saturated heterocycles. The van der Waals surface area contributed by atoms with E-state index in [1.807, 2.05) is 13.0 Å². The highest BCUT2D eigenvalue weighted by Gasteiger charge is 2.06. The molecule has 2 aliphatic heterocycles. The smallest absolute Gasteiger partial charge is 0.222 e. The molecule has 0 amide bonds. The Bertz CT molecular complexity index is 317. The first kappa shape index (κ1) is 5.34. The zero-order valence-corrected chi connectivity index (χ0v) is 5.40. The van der Waals surface area contributed by atoms with E-state index in [0.717, 1.165) is 11.3 Å². The molecule has 50 valence electrons. The fourth-order valence-corrected chi connectivity index (χ4v) is 0.795. The molecule has 2 rings (SSSR count). The third kappa shape index (κ3) is 0.655. The van der Waals surface area contributed by atoms with Gasteiger partial charge in [-0.1, -0.05) is 5.16 Å². The van der Waals surface area contributed by atoms with Crippen LogP contribution in [0.4, 0.5) is 0 Å². The Balaban J connectivity index is 2.75. The molecule has 0 aromatic heterocycles. The van der Waals surface area contributed by atoms with Gasteiger partial charge < -0.3 is 4.52 Å². The van der Waals surface area contributed by atoms with Crippen molar-refractivity contribution in [3.63, 3.8) is 0 Å². The van der Waals surface area contributed by atoms with Crippen molar-refractivity contribution < 1.29 is 4.52 Å². The van der Waals surface area contributed by atoms with E-state index in [-0.39, 0.29) is 0 Å². The summed E-state index contributed by atoms with van der Waals surface area (Å²) in [4.78, 5) is 0. The van der Waals surface area contributed by atoms with Crippen molar-refractivity contribution in [2.24, 2.45) is 0 Å². The number of nitrogens with zero attached hydrogens (tertiary/aromatic N) is 3. The molecule has 4 heteroatoms. The van der Waals surface area contributed by atoms with Crippen molar-refractivity contribution in [3.8, 4) is 11.4 Å². The number of aromatic nitrogens is 3. The second-order valence-corrected chi connectivity index (χ2v) is 2.06. The number of aryl methyl sites for hydroxylation is 1. The van der Waals surface area contributed by atoms with Crippen molar-refractivity contribution in [1.82, 2.24) is 15.4 Å². The summed E-state index contributed by atoms with van der Waals surface area (Å²) >= 11 is 0. The first-order chi connectivity index (χ1) is 4.86. The minimum absolute atomic E-state index is 0.561. The molecule has 0 spiro atoms. The van der Waals surface area contributed by atoms with Crippen LogP contribution >= 0.6 is 0 Å². The number of hydrogen-bond acceptors (Lipinski definition) is 4. The Morgan fingerprint density at radius 3 is 3.30 bits per heavy atom. The summed E-state index contributed by atoms with van der Waals surface area (Å²) in [6.45, 7) is 1.83. The van der Waals surface area contributed by atoms with Crippen molar-refractivity contribution in [1.29, 1.82) is 0 Å². The van der Waals surface area contributed by atoms with E-state index < -0.39 is 0 Å². The van der Waals surface area contributed by atoms with Crippen LogP contribution in [-0.4, -0.2) is 15.4 Å². The quantitative estimate of drug-likeness (QED) is 0.538. The van der Waals surface area contributed by atoms with Crippen LogP contribution in [0.3, 0.4) is 0 Å². The van der Waals surface area contributed by atoms with Crippen LogP contribution in [0.1, 0.15) is 5.76 Å². The lowest BCUT2D eigenvalue weighted by Crippen LogP contribution is -1.83. The summed E-state index contributed by atoms with van der Waals surface area (Å²) in [5, 5.41) is 11.1. The predicted octanol–water partition coefficient (Wildman–Crippen LogP) is 0.878. The van der Waals surface area contributed by atoms with Gasteiger partial charge in [0.05, 0.1) is 6.20 Å². The van der Waals surface area contributed by atoms with E-state index in [4.69, 9.17) is 4.52 Å². The molecule has 0 saturated carbocycles. The second kappa shape index (κ2) is 1.76. The molecule has 0 bridgehead atoms. The standard InChI is InChI=1S/C6H5N3O/c1-4-2-5-3-7-8-6(5)9-10-4/h2-3H,1H3. The maximum Gasteiger partial charge on any atom is 0.222 e. The van der Waals surface area contributed by atoms with Crippen LogP contribution in [0.5, 0.6) is 0 Å². The molecule has 2 aliphatic rings. The summed E-state index contributed by atoms with van der Waals surface area (Å²) in [7, 11) is 0. The van der Waals surface area contributed by atoms with Gasteiger partial charge in [-0.2, -0.15) is 5.10 Å². The molecule has 0 atom stereocenters. The molecule has 0 fully saturated rings. The maximum atomic E-state index is 4.85. The van der Waals surface area contributed by atoms with Crippen LogP contribution in [0.25, 0.3) is 11.4 Å². The highest BCUT2D eigenvalue weighted by molar-refractivity contribution is 5.53. The fourth-order valence-electron chi connectivity index (χ4n) is 0.795. The van der Waals surface area contributed by atoms with Crippen molar-refractivity contribution in [2.75, 3.05) is 0 Å². The van der Waals surface area contributed by atoms with Crippen molar-refractivity contribution >= 4 is 0 Å². The summed E-state index contributed by atoms with van der Waals surface area (Å²) in [5.74, 6) is 1.33. The molecule has 0 unspecified atom stereocenters. The zero-order valence-electron chi connectivity index (χ0n) is 5.40. The molecule has 0 N–H and O–H groups in total. The third-order valence-electron chi connectivity index (χ3n) is 1.24. The van der Waals surface area contributed by atoms with E-state index in [9.17, 15) is 0 Å². The first-order valence-electron chi connectivity index (χ1n) is 2.91. The Hall–Kier alpha value is -1.45. The minimum Gasteiger partial charge on any atom is -0.360 e. The highest BCUT2D eigenvalue weighted by Crippen LogP contribution is 2.15. The Morgan fingerprint density at radius 1 is 1.50 bits per heavy atom. The SMILES string of the molecule is Cc1cc2cnnc-2no1. The van der Waals surface area contributed by atoms with E-state index in [1.165, 1.54) is 0 Å². The molecular weight excluding hydrogens is 130 g/mol. The van der Waals surface area contributed by atoms with Crippen LogP contribution in [0, 0.1) is 6.92 Å². The van der Waals surface area contributed by atoms with Gasteiger partial charge in [0, 0.05) is 5.56 Å². The Kier molecular flexibility index (Phi) is 0.943. The van der Waals surface area contributed by atoms with Crippen molar-refractivity contribution in [2.45, 2.75) is 6.92 Å². The normalized spacial score (nSPS) is 10.5. The van der Waals surface area contributed by atoms with Crippen molar-refractivity contribution in [3.05, 3.63) is 18.0 Å². The molecule has 0 aliphatic carbocycles. The van der Waals surface area contributed by atoms with Gasteiger partial charge in [0.2, 0.25) is 5.82 Å². The molecule has 2 heterocycles. The van der Waals surface area contributed by atoms with Gasteiger partial charge in [0.15, 0.2) is 0 Å². The lowest BCUT2D eigenvalue weighted by Gasteiger charge is -1.91. The lowest BCUT2D eigenvalue weighted by molar-refractivity contribution is 0.377. The molecule has 0 aromatic carbocycles. The molecule has 0 radical (unpaired) electrons. The van der Waals surface area contributed by atoms with Gasteiger partial charge in [-0.15, -0.1) is 5.10 Å². The van der Waals surface area contributed by atoms with Gasteiger partial charge >= 0.3 is 0 Å². The van der Waals surface area contributed by atoms with Crippen LogP contribution in [0.2, 0.25) is 0 Å². The minimum atomic E-state index is 0.561. The van der Waals surface area contributed by atoms with Gasteiger partial charge in [0.1, 0.15) is 5.76 Å². The summed E-state index contributed by atoms with van der Waals surface area (Å²) < 4.78 is 4.85. The van der Waals surface area contributed by atoms with E-state index >= 15 is 0 Å². The van der Waals surface area contributed by atoms with E-state index in [1.54, 1.807) is 6.20 Å². The monoisotopic (exact) mass is 135 g/mol. The average molecular weight is 135 g/mol. The Labute approximate surface area is 57.2 Å². The average Bonchev–Trinajstić information content (AvgIpc) is 2.33. The van der Waals surface area contributed by atoms with Gasteiger partial charge in [0.25, 0.3) is 0 Å². The lowest BCUT2D eigenvalue weighted by atomic mass is 10.3. The number of fused-ring (bicyclic) bond motifs is 1. The van der Waals surface area contributed by atoms with Gasteiger partial charge in [-0.3, -0.25) is 0 Å². The topological polar surface area (TPSA) is 51.8 Å². The van der Waals surface area contributed by atoms with E-state index in [0.29, 0.717) is 5.82 Å². The number of rotatable bonds is 0. The van der Waals surface area contributed by atoms with Crippen LogP contribution in [0.15, 0.2) is 16.8 Å². The second-order valence-electron chi connectivity index (χ2n) is 2.06. The van der Waals surface area contributed by atoms with Gasteiger partial charge in [-0.25, -0.2) is 0 Å². The summed E-state index contributed by atoms with van der Waals surface area (Å²) in [6.07, 6.45) is 1.66. The summed E-state index contributed by atoms with van der Waals surface area (Å²) in [6, 6.07) is 1.85. The molecular formula is C6H5N3O. The highest BCUT2D eigenvalue weighted by atomic mass is 16.5. The molecule has 0 aromatic rings. The van der Waals surface area contributed by atoms with Crippen LogP contribution in [-0.2, 0) is 0 Å². The predicted molar refractivity (Wildman–Crippen MR) is 33.5 cm³/mol.